The van der Waals surface area contributed by atoms with E-state index in [-0.39, 0.29) is 12.6 Å². The summed E-state index contributed by atoms with van der Waals surface area (Å²) in [7, 11) is 6.25. The molecule has 8 nitrogen and oxygen atoms in total. The molecule has 0 saturated heterocycles. The van der Waals surface area contributed by atoms with Crippen molar-refractivity contribution in [1.82, 2.24) is 4.57 Å². The average molecular weight is 460 g/mol. The first-order chi connectivity index (χ1) is 16.5. The number of imide groups is 1. The van der Waals surface area contributed by atoms with Gasteiger partial charge in [-0.2, -0.15) is 0 Å². The number of benzene rings is 3. The van der Waals surface area contributed by atoms with E-state index in [9.17, 15) is 9.59 Å². The molecule has 0 aliphatic carbocycles. The van der Waals surface area contributed by atoms with Crippen LogP contribution in [-0.4, -0.2) is 44.8 Å². The third kappa shape index (κ3) is 3.11. The van der Waals surface area contributed by atoms with Gasteiger partial charge in [0.25, 0.3) is 11.8 Å². The lowest BCUT2D eigenvalue weighted by Gasteiger charge is -2.18. The molecule has 2 amide bonds. The van der Waals surface area contributed by atoms with Crippen LogP contribution in [0.25, 0.3) is 21.8 Å². The Bertz CT molecular complexity index is 1420. The first-order valence-corrected chi connectivity index (χ1v) is 10.7. The molecule has 0 bridgehead atoms. The second-order valence-electron chi connectivity index (χ2n) is 7.93. The van der Waals surface area contributed by atoms with Gasteiger partial charge < -0.3 is 23.5 Å². The number of amides is 2. The second kappa shape index (κ2) is 8.57. The number of fused-ring (bicyclic) bond motifs is 5. The Hall–Kier alpha value is -3.72. The Morgan fingerprint density at radius 2 is 1.62 bits per heavy atom. The lowest BCUT2D eigenvalue weighted by atomic mass is 9.98. The molecule has 4 aromatic rings. The van der Waals surface area contributed by atoms with Crippen LogP contribution in [0.4, 0.5) is 5.69 Å². The van der Waals surface area contributed by atoms with Gasteiger partial charge in [0, 0.05) is 37.7 Å². The van der Waals surface area contributed by atoms with Gasteiger partial charge >= 0.3 is 0 Å². The van der Waals surface area contributed by atoms with Crippen molar-refractivity contribution in [1.29, 1.82) is 0 Å². The number of rotatable bonds is 7. The zero-order valence-corrected chi connectivity index (χ0v) is 19.3. The van der Waals surface area contributed by atoms with Crippen LogP contribution in [0.15, 0.2) is 54.6 Å². The van der Waals surface area contributed by atoms with Crippen molar-refractivity contribution in [2.75, 3.05) is 33.3 Å². The molecule has 0 N–H and O–H groups in total. The minimum Gasteiger partial charge on any atom is -0.497 e. The van der Waals surface area contributed by atoms with E-state index < -0.39 is 12.2 Å². The molecule has 5 rings (SSSR count). The van der Waals surface area contributed by atoms with Gasteiger partial charge in [-0.25, -0.2) is 4.90 Å². The Morgan fingerprint density at radius 1 is 0.882 bits per heavy atom. The van der Waals surface area contributed by atoms with Gasteiger partial charge in [-0.05, 0) is 36.4 Å². The van der Waals surface area contributed by atoms with Gasteiger partial charge in [-0.3, -0.25) is 9.59 Å². The summed E-state index contributed by atoms with van der Waals surface area (Å²) in [4.78, 5) is 28.6. The molecule has 0 spiro atoms. The SMILES string of the molecule is COCn1c2ccc(OC)cc2c2c3c(cc(C(OC)OC)c21)C(=O)N(c1ccccc1)C3=O. The first kappa shape index (κ1) is 22.1. The van der Waals surface area contributed by atoms with E-state index in [0.29, 0.717) is 39.0 Å². The molecule has 0 unspecified atom stereocenters. The molecule has 0 saturated carbocycles. The molecular weight excluding hydrogens is 436 g/mol. The number of hydrogen-bond acceptors (Lipinski definition) is 6. The smallest absolute Gasteiger partial charge is 0.266 e. The van der Waals surface area contributed by atoms with E-state index >= 15 is 0 Å². The summed E-state index contributed by atoms with van der Waals surface area (Å²) in [5, 5.41) is 1.40. The summed E-state index contributed by atoms with van der Waals surface area (Å²) in [5.41, 5.74) is 3.31. The average Bonchev–Trinajstić information content (AvgIpc) is 3.31. The number of nitrogens with zero attached hydrogens (tertiary/aromatic N) is 2. The molecule has 174 valence electrons. The summed E-state index contributed by atoms with van der Waals surface area (Å²) in [5.74, 6) is -0.140. The predicted molar refractivity (Wildman–Crippen MR) is 127 cm³/mol. The fraction of sp³-hybridized carbons (Fsp3) is 0.231. The van der Waals surface area contributed by atoms with Crippen LogP contribution in [0, 0.1) is 0 Å². The number of aromatic nitrogens is 1. The van der Waals surface area contributed by atoms with Gasteiger partial charge in [0.05, 0.1) is 35.0 Å². The van der Waals surface area contributed by atoms with E-state index in [0.717, 1.165) is 10.9 Å². The molecule has 0 fully saturated rings. The van der Waals surface area contributed by atoms with Gasteiger partial charge in [-0.15, -0.1) is 0 Å². The Labute approximate surface area is 196 Å². The van der Waals surface area contributed by atoms with E-state index in [2.05, 4.69) is 0 Å². The third-order valence-electron chi connectivity index (χ3n) is 6.17. The second-order valence-corrected chi connectivity index (χ2v) is 7.93. The van der Waals surface area contributed by atoms with Crippen molar-refractivity contribution in [3.8, 4) is 5.75 Å². The van der Waals surface area contributed by atoms with Crippen LogP contribution >= 0.6 is 0 Å². The van der Waals surface area contributed by atoms with Gasteiger partial charge in [0.1, 0.15) is 12.5 Å². The summed E-state index contributed by atoms with van der Waals surface area (Å²) in [6.45, 7) is 0.225. The zero-order chi connectivity index (χ0) is 24.0. The molecule has 34 heavy (non-hydrogen) atoms. The Kier molecular flexibility index (Phi) is 5.57. The van der Waals surface area contributed by atoms with Crippen molar-refractivity contribution in [3.05, 3.63) is 71.3 Å². The molecule has 0 atom stereocenters. The predicted octanol–water partition coefficient (Wildman–Crippen LogP) is 4.50. The van der Waals surface area contributed by atoms with E-state index in [1.807, 2.05) is 28.8 Å². The molecule has 1 aliphatic heterocycles. The quantitative estimate of drug-likeness (QED) is 0.299. The number of anilines is 1. The highest BCUT2D eigenvalue weighted by Crippen LogP contribution is 2.43. The topological polar surface area (TPSA) is 79.2 Å². The van der Waals surface area contributed by atoms with Gasteiger partial charge in [0.2, 0.25) is 0 Å². The largest absolute Gasteiger partial charge is 0.497 e. The number of ether oxygens (including phenoxy) is 4. The maximum Gasteiger partial charge on any atom is 0.266 e. The fourth-order valence-corrected chi connectivity index (χ4v) is 4.76. The molecule has 3 aromatic carbocycles. The highest BCUT2D eigenvalue weighted by atomic mass is 16.7. The van der Waals surface area contributed by atoms with Crippen LogP contribution < -0.4 is 9.64 Å². The minimum atomic E-state index is -0.761. The van der Waals surface area contributed by atoms with Crippen LogP contribution in [0.2, 0.25) is 0 Å². The summed E-state index contributed by atoms with van der Waals surface area (Å²) < 4.78 is 24.1. The Balaban J connectivity index is 1.93. The molecule has 8 heteroatoms. The van der Waals surface area contributed by atoms with Crippen LogP contribution in [0.1, 0.15) is 32.6 Å². The van der Waals surface area contributed by atoms with Crippen molar-refractivity contribution in [2.45, 2.75) is 13.0 Å². The van der Waals surface area contributed by atoms with E-state index in [1.165, 1.54) is 19.1 Å². The van der Waals surface area contributed by atoms with Crippen LogP contribution in [0.5, 0.6) is 5.75 Å². The lowest BCUT2D eigenvalue weighted by molar-refractivity contribution is -0.105. The van der Waals surface area contributed by atoms with E-state index in [4.69, 9.17) is 18.9 Å². The summed E-state index contributed by atoms with van der Waals surface area (Å²) in [6.07, 6.45) is -0.761. The molecule has 1 aliphatic rings. The lowest BCUT2D eigenvalue weighted by Crippen LogP contribution is -2.29. The number of hydrogen-bond donors (Lipinski definition) is 0. The number of carbonyl (C=O) groups is 2. The van der Waals surface area contributed by atoms with Crippen molar-refractivity contribution >= 4 is 39.3 Å². The molecule has 1 aromatic heterocycles. The standard InChI is InChI=1S/C26H24N2O6/c1-31-14-27-20-11-10-16(32-2)12-17(20)21-22-18(13-19(23(21)27)26(33-3)34-4)24(29)28(25(22)30)15-8-6-5-7-9-15/h5-13,26H,14H2,1-4H3. The number of methoxy groups -OCH3 is 4. The number of para-hydroxylation sites is 1. The maximum atomic E-state index is 13.8. The summed E-state index contributed by atoms with van der Waals surface area (Å²) in [6, 6.07) is 16.2. The molecular formula is C26H24N2O6. The molecule has 2 heterocycles. The minimum absolute atomic E-state index is 0.225. The zero-order valence-electron chi connectivity index (χ0n) is 19.3. The highest BCUT2D eigenvalue weighted by Gasteiger charge is 2.41. The van der Waals surface area contributed by atoms with Gasteiger partial charge in [-0.1, -0.05) is 18.2 Å². The first-order valence-electron chi connectivity index (χ1n) is 10.7. The van der Waals surface area contributed by atoms with Crippen molar-refractivity contribution in [3.63, 3.8) is 0 Å². The normalized spacial score (nSPS) is 13.5. The monoisotopic (exact) mass is 460 g/mol. The van der Waals surface area contributed by atoms with Crippen LogP contribution in [-0.2, 0) is 20.9 Å². The van der Waals surface area contributed by atoms with Crippen molar-refractivity contribution in [2.24, 2.45) is 0 Å². The third-order valence-corrected chi connectivity index (χ3v) is 6.17. The highest BCUT2D eigenvalue weighted by molar-refractivity contribution is 6.39. The summed E-state index contributed by atoms with van der Waals surface area (Å²) >= 11 is 0. The van der Waals surface area contributed by atoms with Crippen molar-refractivity contribution < 1.29 is 28.5 Å². The Morgan fingerprint density at radius 3 is 2.26 bits per heavy atom. The van der Waals surface area contributed by atoms with Crippen LogP contribution in [0.3, 0.4) is 0 Å². The maximum absolute atomic E-state index is 13.8. The number of carbonyl (C=O) groups excluding carboxylic acids is 2. The van der Waals surface area contributed by atoms with Gasteiger partial charge in [0.15, 0.2) is 6.29 Å². The molecule has 0 radical (unpaired) electrons. The fourth-order valence-electron chi connectivity index (χ4n) is 4.76. The van der Waals surface area contributed by atoms with E-state index in [1.54, 1.807) is 44.6 Å².